The Bertz CT molecular complexity index is 843. The predicted octanol–water partition coefficient (Wildman–Crippen LogP) is 2.51. The molecule has 1 fully saturated rings. The summed E-state index contributed by atoms with van der Waals surface area (Å²) in [7, 11) is 0. The third kappa shape index (κ3) is 4.99. The molecule has 1 aromatic carbocycles. The van der Waals surface area contributed by atoms with Crippen molar-refractivity contribution in [1.29, 1.82) is 0 Å². The number of alkyl halides is 3. The van der Waals surface area contributed by atoms with Crippen LogP contribution in [0.25, 0.3) is 0 Å². The van der Waals surface area contributed by atoms with E-state index in [0.29, 0.717) is 18.5 Å². The third-order valence-electron chi connectivity index (χ3n) is 4.28. The molecule has 9 heteroatoms. The standard InChI is InChI=1S/C19H18F3N3O3/c20-19(21,22)14-6-8-23-16(10-14)28-15-7-9-25(12-15)17(26)11-24-18(27)13-4-2-1-3-5-13/h1-6,8,10,15H,7,9,11-12H2,(H,24,27). The number of rotatable bonds is 5. The molecule has 28 heavy (non-hydrogen) atoms. The van der Waals surface area contributed by atoms with Crippen molar-refractivity contribution >= 4 is 11.8 Å². The number of likely N-dealkylation sites (tertiary alicyclic amines) is 1. The topological polar surface area (TPSA) is 71.5 Å². The molecule has 1 atom stereocenters. The van der Waals surface area contributed by atoms with Gasteiger partial charge < -0.3 is 15.0 Å². The van der Waals surface area contributed by atoms with Crippen molar-refractivity contribution in [1.82, 2.24) is 15.2 Å². The van der Waals surface area contributed by atoms with E-state index in [1.165, 1.54) is 4.90 Å². The first-order valence-electron chi connectivity index (χ1n) is 8.64. The van der Waals surface area contributed by atoms with Crippen molar-refractivity contribution in [3.05, 3.63) is 59.8 Å². The first-order valence-corrected chi connectivity index (χ1v) is 8.64. The molecule has 1 aliphatic rings. The molecule has 2 amide bonds. The molecular weight excluding hydrogens is 375 g/mol. The van der Waals surface area contributed by atoms with Crippen molar-refractivity contribution < 1.29 is 27.5 Å². The SMILES string of the molecule is O=C(NCC(=O)N1CCC(Oc2cc(C(F)(F)F)ccn2)C1)c1ccccc1. The lowest BCUT2D eigenvalue weighted by Gasteiger charge is -2.17. The van der Waals surface area contributed by atoms with E-state index in [1.54, 1.807) is 30.3 Å². The van der Waals surface area contributed by atoms with Crippen LogP contribution in [0.3, 0.4) is 0 Å². The van der Waals surface area contributed by atoms with Gasteiger partial charge in [-0.25, -0.2) is 4.98 Å². The van der Waals surface area contributed by atoms with Crippen molar-refractivity contribution in [2.24, 2.45) is 0 Å². The summed E-state index contributed by atoms with van der Waals surface area (Å²) >= 11 is 0. The summed E-state index contributed by atoms with van der Waals surface area (Å²) in [5.74, 6) is -0.770. The van der Waals surface area contributed by atoms with Gasteiger partial charge in [0.1, 0.15) is 6.10 Å². The first kappa shape index (κ1) is 19.7. The van der Waals surface area contributed by atoms with Gasteiger partial charge in [-0.05, 0) is 18.2 Å². The Kier molecular flexibility index (Phi) is 5.81. The highest BCUT2D eigenvalue weighted by atomic mass is 19.4. The molecule has 148 valence electrons. The Labute approximate surface area is 159 Å². The maximum Gasteiger partial charge on any atom is 0.416 e. The zero-order chi connectivity index (χ0) is 20.1. The molecule has 0 aliphatic carbocycles. The molecule has 1 N–H and O–H groups in total. The lowest BCUT2D eigenvalue weighted by molar-refractivity contribution is -0.137. The normalized spacial score (nSPS) is 16.7. The zero-order valence-corrected chi connectivity index (χ0v) is 14.8. The molecule has 0 radical (unpaired) electrons. The highest BCUT2D eigenvalue weighted by molar-refractivity contribution is 5.96. The Morgan fingerprint density at radius 1 is 1.21 bits per heavy atom. The summed E-state index contributed by atoms with van der Waals surface area (Å²) in [6.45, 7) is 0.448. The molecule has 6 nitrogen and oxygen atoms in total. The number of amides is 2. The smallest absolute Gasteiger partial charge is 0.416 e. The minimum absolute atomic E-state index is 0.133. The minimum atomic E-state index is -4.48. The molecule has 0 spiro atoms. The van der Waals surface area contributed by atoms with Crippen LogP contribution in [0.4, 0.5) is 13.2 Å². The van der Waals surface area contributed by atoms with E-state index in [9.17, 15) is 22.8 Å². The van der Waals surface area contributed by atoms with E-state index in [-0.39, 0.29) is 30.8 Å². The van der Waals surface area contributed by atoms with Crippen LogP contribution >= 0.6 is 0 Å². The van der Waals surface area contributed by atoms with Crippen LogP contribution in [-0.2, 0) is 11.0 Å². The van der Waals surface area contributed by atoms with E-state index in [4.69, 9.17) is 4.74 Å². The highest BCUT2D eigenvalue weighted by Crippen LogP contribution is 2.31. The van der Waals surface area contributed by atoms with Gasteiger partial charge in [0.15, 0.2) is 0 Å². The van der Waals surface area contributed by atoms with Gasteiger partial charge >= 0.3 is 6.18 Å². The van der Waals surface area contributed by atoms with Crippen LogP contribution in [0.15, 0.2) is 48.7 Å². The van der Waals surface area contributed by atoms with Crippen LogP contribution in [0, 0.1) is 0 Å². The van der Waals surface area contributed by atoms with Crippen molar-refractivity contribution in [3.63, 3.8) is 0 Å². The summed E-state index contributed by atoms with van der Waals surface area (Å²) in [4.78, 5) is 29.5. The van der Waals surface area contributed by atoms with Gasteiger partial charge in [-0.3, -0.25) is 9.59 Å². The Morgan fingerprint density at radius 2 is 1.96 bits per heavy atom. The fourth-order valence-corrected chi connectivity index (χ4v) is 2.83. The second-order valence-electron chi connectivity index (χ2n) is 6.30. The van der Waals surface area contributed by atoms with Crippen LogP contribution < -0.4 is 10.1 Å². The molecule has 2 heterocycles. The van der Waals surface area contributed by atoms with Crippen molar-refractivity contribution in [3.8, 4) is 5.88 Å². The number of nitrogens with zero attached hydrogens (tertiary/aromatic N) is 2. The maximum absolute atomic E-state index is 12.8. The first-order chi connectivity index (χ1) is 13.3. The van der Waals surface area contributed by atoms with Gasteiger partial charge in [0.05, 0.1) is 18.7 Å². The van der Waals surface area contributed by atoms with Gasteiger partial charge in [-0.15, -0.1) is 0 Å². The summed E-state index contributed by atoms with van der Waals surface area (Å²) < 4.78 is 43.7. The summed E-state index contributed by atoms with van der Waals surface area (Å²) in [6, 6.07) is 10.2. The number of hydrogen-bond acceptors (Lipinski definition) is 4. The summed E-state index contributed by atoms with van der Waals surface area (Å²) in [6.07, 6.45) is -3.43. The number of hydrogen-bond donors (Lipinski definition) is 1. The number of carbonyl (C=O) groups is 2. The lowest BCUT2D eigenvalue weighted by Crippen LogP contribution is -2.39. The average Bonchev–Trinajstić information content (AvgIpc) is 3.14. The predicted molar refractivity (Wildman–Crippen MR) is 93.6 cm³/mol. The second kappa shape index (κ2) is 8.28. The van der Waals surface area contributed by atoms with E-state index in [1.807, 2.05) is 0 Å². The van der Waals surface area contributed by atoms with Gasteiger partial charge in [0.25, 0.3) is 5.91 Å². The van der Waals surface area contributed by atoms with Gasteiger partial charge in [0.2, 0.25) is 11.8 Å². The molecule has 1 unspecified atom stereocenters. The molecule has 1 saturated heterocycles. The summed E-state index contributed by atoms with van der Waals surface area (Å²) in [5.41, 5.74) is -0.388. The number of carbonyl (C=O) groups excluding carboxylic acids is 2. The molecule has 3 rings (SSSR count). The van der Waals surface area contributed by atoms with E-state index in [2.05, 4.69) is 10.3 Å². The second-order valence-corrected chi connectivity index (χ2v) is 6.30. The highest BCUT2D eigenvalue weighted by Gasteiger charge is 2.32. The molecule has 1 aromatic heterocycles. The summed E-state index contributed by atoms with van der Waals surface area (Å²) in [5, 5.41) is 2.56. The van der Waals surface area contributed by atoms with Crippen LogP contribution in [-0.4, -0.2) is 47.4 Å². The number of halogens is 3. The Hall–Kier alpha value is -3.10. The largest absolute Gasteiger partial charge is 0.472 e. The fourth-order valence-electron chi connectivity index (χ4n) is 2.83. The van der Waals surface area contributed by atoms with Crippen LogP contribution in [0.1, 0.15) is 22.3 Å². The van der Waals surface area contributed by atoms with E-state index in [0.717, 1.165) is 18.3 Å². The number of nitrogens with one attached hydrogen (secondary N) is 1. The molecule has 2 aromatic rings. The van der Waals surface area contributed by atoms with E-state index >= 15 is 0 Å². The Morgan fingerprint density at radius 3 is 2.68 bits per heavy atom. The third-order valence-corrected chi connectivity index (χ3v) is 4.28. The number of ether oxygens (including phenoxy) is 1. The van der Waals surface area contributed by atoms with Crippen molar-refractivity contribution in [2.75, 3.05) is 19.6 Å². The minimum Gasteiger partial charge on any atom is -0.472 e. The average molecular weight is 393 g/mol. The van der Waals surface area contributed by atoms with Crippen LogP contribution in [0.2, 0.25) is 0 Å². The van der Waals surface area contributed by atoms with Gasteiger partial charge in [-0.2, -0.15) is 13.2 Å². The number of pyridine rings is 1. The Balaban J connectivity index is 1.50. The lowest BCUT2D eigenvalue weighted by atomic mass is 10.2. The molecule has 1 aliphatic heterocycles. The van der Waals surface area contributed by atoms with Gasteiger partial charge in [0, 0.05) is 30.8 Å². The zero-order valence-electron chi connectivity index (χ0n) is 14.8. The monoisotopic (exact) mass is 393 g/mol. The quantitative estimate of drug-likeness (QED) is 0.848. The maximum atomic E-state index is 12.8. The van der Waals surface area contributed by atoms with Gasteiger partial charge in [-0.1, -0.05) is 18.2 Å². The molecule has 0 saturated carbocycles. The number of aromatic nitrogens is 1. The van der Waals surface area contributed by atoms with Crippen LogP contribution in [0.5, 0.6) is 5.88 Å². The molecular formula is C19H18F3N3O3. The number of benzene rings is 1. The fraction of sp³-hybridized carbons (Fsp3) is 0.316. The van der Waals surface area contributed by atoms with E-state index < -0.39 is 17.8 Å². The molecule has 0 bridgehead atoms. The van der Waals surface area contributed by atoms with Crippen molar-refractivity contribution in [2.45, 2.75) is 18.7 Å².